The molecule has 15 heavy (non-hydrogen) atoms. The van der Waals surface area contributed by atoms with Crippen LogP contribution in [0.1, 0.15) is 20.3 Å². The predicted molar refractivity (Wildman–Crippen MR) is 60.2 cm³/mol. The zero-order chi connectivity index (χ0) is 10.9. The van der Waals surface area contributed by atoms with Gasteiger partial charge in [-0.05, 0) is 13.3 Å². The van der Waals surface area contributed by atoms with Crippen molar-refractivity contribution in [3.63, 3.8) is 0 Å². The molecule has 1 fully saturated rings. The van der Waals surface area contributed by atoms with E-state index in [1.54, 1.807) is 7.06 Å². The van der Waals surface area contributed by atoms with E-state index in [4.69, 9.17) is 18.6 Å². The summed E-state index contributed by atoms with van der Waals surface area (Å²) >= 11 is 0. The second-order valence-corrected chi connectivity index (χ2v) is 3.13. The van der Waals surface area contributed by atoms with E-state index in [2.05, 4.69) is 12.2 Å². The Morgan fingerprint density at radius 1 is 1.33 bits per heavy atom. The summed E-state index contributed by atoms with van der Waals surface area (Å²) < 4.78 is 21.4. The molecule has 1 N–H and O–H groups in total. The molecule has 5 nitrogen and oxygen atoms in total. The summed E-state index contributed by atoms with van der Waals surface area (Å²) in [6.07, 6.45) is 0.964. The molecule has 0 amide bonds. The van der Waals surface area contributed by atoms with Crippen LogP contribution in [-0.4, -0.2) is 47.8 Å². The van der Waals surface area contributed by atoms with Crippen LogP contribution in [-0.2, 0) is 18.6 Å². The van der Waals surface area contributed by atoms with Crippen LogP contribution in [0, 0.1) is 0 Å². The highest BCUT2D eigenvalue weighted by atomic mass is 16.6. The molecular formula is C7H17B3NO4. The van der Waals surface area contributed by atoms with Crippen LogP contribution >= 0.6 is 0 Å². The minimum absolute atomic E-state index is 0.348. The molecule has 1 saturated heterocycles. The van der Waals surface area contributed by atoms with Gasteiger partial charge in [-0.15, -0.1) is 0 Å². The van der Waals surface area contributed by atoms with E-state index in [9.17, 15) is 0 Å². The van der Waals surface area contributed by atoms with Crippen LogP contribution in [0.2, 0.25) is 0 Å². The molecule has 0 aliphatic carbocycles. The monoisotopic (exact) mass is 212 g/mol. The van der Waals surface area contributed by atoms with Crippen molar-refractivity contribution in [2.24, 2.45) is 0 Å². The second kappa shape index (κ2) is 8.18. The fourth-order valence-corrected chi connectivity index (χ4v) is 1.17. The summed E-state index contributed by atoms with van der Waals surface area (Å²) in [4.78, 5) is 0. The first-order valence-corrected chi connectivity index (χ1v) is 5.39. The van der Waals surface area contributed by atoms with Gasteiger partial charge in [-0.1, -0.05) is 6.92 Å². The summed E-state index contributed by atoms with van der Waals surface area (Å²) in [6, 6.07) is 0. The maximum Gasteiger partial charge on any atom is 0.397 e. The molecule has 0 atom stereocenters. The average molecular weight is 212 g/mol. The lowest BCUT2D eigenvalue weighted by molar-refractivity contribution is 0.117. The molecule has 0 bridgehead atoms. The zero-order valence-corrected chi connectivity index (χ0v) is 9.40. The Morgan fingerprint density at radius 3 is 2.67 bits per heavy atom. The first-order valence-electron chi connectivity index (χ1n) is 5.39. The Kier molecular flexibility index (Phi) is 7.12. The van der Waals surface area contributed by atoms with Gasteiger partial charge in [0.15, 0.2) is 0 Å². The quantitative estimate of drug-likeness (QED) is 0.585. The molecule has 1 radical (unpaired) electrons. The van der Waals surface area contributed by atoms with Gasteiger partial charge in [0.25, 0.3) is 0 Å². The predicted octanol–water partition coefficient (Wildman–Crippen LogP) is -0.325. The highest BCUT2D eigenvalue weighted by molar-refractivity contribution is 7.35. The Bertz CT molecular complexity index is 159. The molecule has 0 saturated carbocycles. The van der Waals surface area contributed by atoms with E-state index in [1.165, 1.54) is 0 Å². The SMILES string of the molecule is CCCOB([B]B1OCNCO1)OCC. The topological polar surface area (TPSA) is 49.0 Å². The van der Waals surface area contributed by atoms with Crippen LogP contribution in [0.3, 0.4) is 0 Å². The van der Waals surface area contributed by atoms with E-state index in [-0.39, 0.29) is 14.0 Å². The fraction of sp³-hybridized carbons (Fsp3) is 1.00. The lowest BCUT2D eigenvalue weighted by atomic mass is 9.23. The van der Waals surface area contributed by atoms with Gasteiger partial charge < -0.3 is 18.6 Å². The largest absolute Gasteiger partial charge is 0.419 e. The van der Waals surface area contributed by atoms with Gasteiger partial charge in [-0.2, -0.15) is 0 Å². The maximum absolute atomic E-state index is 5.48. The molecule has 0 aromatic heterocycles. The first-order chi connectivity index (χ1) is 7.36. The minimum Gasteiger partial charge on any atom is -0.419 e. The van der Waals surface area contributed by atoms with Crippen LogP contribution in [0.25, 0.3) is 0 Å². The second-order valence-electron chi connectivity index (χ2n) is 3.13. The van der Waals surface area contributed by atoms with Gasteiger partial charge in [-0.25, -0.2) is 0 Å². The molecule has 83 valence electrons. The summed E-state index contributed by atoms with van der Waals surface area (Å²) in [5.74, 6) is 0. The van der Waals surface area contributed by atoms with Crippen molar-refractivity contribution in [3.8, 4) is 0 Å². The number of hydrogen-bond acceptors (Lipinski definition) is 5. The van der Waals surface area contributed by atoms with E-state index in [0.717, 1.165) is 6.42 Å². The van der Waals surface area contributed by atoms with Gasteiger partial charge in [-0.3, -0.25) is 5.32 Å². The molecule has 0 aromatic rings. The molecule has 0 spiro atoms. The van der Waals surface area contributed by atoms with Gasteiger partial charge in [0, 0.05) is 13.2 Å². The van der Waals surface area contributed by atoms with Gasteiger partial charge in [0.05, 0.1) is 13.5 Å². The van der Waals surface area contributed by atoms with E-state index < -0.39 is 0 Å². The average Bonchev–Trinajstić information content (AvgIpc) is 2.28. The first kappa shape index (κ1) is 13.1. The third kappa shape index (κ3) is 5.58. The van der Waals surface area contributed by atoms with E-state index in [1.807, 2.05) is 6.92 Å². The molecule has 0 aromatic carbocycles. The molecule has 1 heterocycles. The molecule has 1 aliphatic rings. The third-order valence-corrected chi connectivity index (χ3v) is 1.83. The van der Waals surface area contributed by atoms with Crippen LogP contribution in [0.5, 0.6) is 0 Å². The van der Waals surface area contributed by atoms with Crippen LogP contribution < -0.4 is 5.32 Å². The minimum atomic E-state index is -0.349. The highest BCUT2D eigenvalue weighted by Crippen LogP contribution is 1.97. The number of hydrogen-bond donors (Lipinski definition) is 1. The Morgan fingerprint density at radius 2 is 2.07 bits per heavy atom. The molecule has 0 unspecified atom stereocenters. The van der Waals surface area contributed by atoms with Gasteiger partial charge in [0.1, 0.15) is 0 Å². The maximum atomic E-state index is 5.48. The molecular weight excluding hydrogens is 195 g/mol. The van der Waals surface area contributed by atoms with Crippen molar-refractivity contribution in [2.75, 3.05) is 26.7 Å². The molecule has 8 heteroatoms. The number of rotatable bonds is 7. The smallest absolute Gasteiger partial charge is 0.397 e. The summed E-state index contributed by atoms with van der Waals surface area (Å²) in [7, 11) is 1.10. The Hall–Kier alpha value is -0.00519. The summed E-state index contributed by atoms with van der Waals surface area (Å²) in [6.45, 7) is 6.25. The van der Waals surface area contributed by atoms with Crippen molar-refractivity contribution in [2.45, 2.75) is 20.3 Å². The van der Waals surface area contributed by atoms with Crippen molar-refractivity contribution >= 4 is 21.1 Å². The summed E-state index contributed by atoms with van der Waals surface area (Å²) in [5.41, 5.74) is 0. The zero-order valence-electron chi connectivity index (χ0n) is 9.40. The van der Waals surface area contributed by atoms with Crippen molar-refractivity contribution in [3.05, 3.63) is 0 Å². The highest BCUT2D eigenvalue weighted by Gasteiger charge is 2.31. The van der Waals surface area contributed by atoms with Crippen LogP contribution in [0.4, 0.5) is 0 Å². The van der Waals surface area contributed by atoms with Gasteiger partial charge >= 0.3 is 14.0 Å². The van der Waals surface area contributed by atoms with Crippen molar-refractivity contribution < 1.29 is 18.6 Å². The Labute approximate surface area is 92.7 Å². The fourth-order valence-electron chi connectivity index (χ4n) is 1.17. The van der Waals surface area contributed by atoms with Crippen molar-refractivity contribution in [1.29, 1.82) is 0 Å². The normalized spacial score (nSPS) is 16.5. The lowest BCUT2D eigenvalue weighted by Crippen LogP contribution is -2.50. The van der Waals surface area contributed by atoms with Crippen LogP contribution in [0.15, 0.2) is 0 Å². The molecule has 1 rings (SSSR count). The number of nitrogens with one attached hydrogen (secondary N) is 1. The van der Waals surface area contributed by atoms with Gasteiger partial charge in [0.2, 0.25) is 7.06 Å². The molecule has 1 aliphatic heterocycles. The van der Waals surface area contributed by atoms with Crippen molar-refractivity contribution in [1.82, 2.24) is 5.32 Å². The van der Waals surface area contributed by atoms with E-state index in [0.29, 0.717) is 26.7 Å². The van der Waals surface area contributed by atoms with E-state index >= 15 is 0 Å². The third-order valence-electron chi connectivity index (χ3n) is 1.83. The lowest BCUT2D eigenvalue weighted by Gasteiger charge is -2.22. The standard InChI is InChI=1S/C7H17B3NO4/c1-3-5-13-9(12-4-2)8-10-14-6-11-7-15-10/h11H,3-7H2,1-2H3. The Balaban J connectivity index is 2.21. The summed E-state index contributed by atoms with van der Waals surface area (Å²) in [5, 5.41) is 2.92.